The van der Waals surface area contributed by atoms with E-state index in [4.69, 9.17) is 0 Å². The monoisotopic (exact) mass is 553 g/mol. The van der Waals surface area contributed by atoms with Gasteiger partial charge in [-0.15, -0.1) is 0 Å². The molecule has 0 spiro atoms. The SMILES string of the molecule is Cc1cc2c(cc1C(=O)O)NC(=O)C2=C(Nc1ccc(C(=O)NCCN2CCCNC(=O)C2)cc1)c1ccccc1. The number of nitrogens with one attached hydrogen (secondary N) is 4. The highest BCUT2D eigenvalue weighted by Gasteiger charge is 2.30. The summed E-state index contributed by atoms with van der Waals surface area (Å²) in [5, 5.41) is 21.4. The van der Waals surface area contributed by atoms with Crippen LogP contribution in [0.3, 0.4) is 0 Å². The molecule has 0 atom stereocenters. The van der Waals surface area contributed by atoms with Crippen LogP contribution in [0.5, 0.6) is 0 Å². The molecule has 0 saturated carbocycles. The number of rotatable bonds is 8. The lowest BCUT2D eigenvalue weighted by Crippen LogP contribution is -2.38. The average Bonchev–Trinajstić information content (AvgIpc) is 3.12. The minimum Gasteiger partial charge on any atom is -0.478 e. The van der Waals surface area contributed by atoms with Gasteiger partial charge in [-0.3, -0.25) is 19.3 Å². The van der Waals surface area contributed by atoms with Gasteiger partial charge in [0.1, 0.15) is 0 Å². The van der Waals surface area contributed by atoms with Crippen molar-refractivity contribution in [2.45, 2.75) is 13.3 Å². The molecule has 3 amide bonds. The van der Waals surface area contributed by atoms with Crippen molar-refractivity contribution in [3.63, 3.8) is 0 Å². The van der Waals surface area contributed by atoms with Crippen molar-refractivity contribution in [2.24, 2.45) is 0 Å². The Hall–Kier alpha value is -4.96. The number of carboxylic acid groups (broad SMARTS) is 1. The van der Waals surface area contributed by atoms with E-state index in [9.17, 15) is 24.3 Å². The number of hydrogen-bond acceptors (Lipinski definition) is 6. The summed E-state index contributed by atoms with van der Waals surface area (Å²) in [5.41, 5.74) is 4.62. The van der Waals surface area contributed by atoms with Crippen molar-refractivity contribution in [3.05, 3.63) is 94.5 Å². The number of carbonyl (C=O) groups is 4. The van der Waals surface area contributed by atoms with Crippen molar-refractivity contribution in [1.82, 2.24) is 15.5 Å². The number of amides is 3. The minimum atomic E-state index is -1.06. The number of hydrogen-bond donors (Lipinski definition) is 5. The van der Waals surface area contributed by atoms with Gasteiger partial charge < -0.3 is 26.4 Å². The molecule has 1 saturated heterocycles. The molecular formula is C31H31N5O5. The van der Waals surface area contributed by atoms with E-state index in [-0.39, 0.29) is 23.3 Å². The molecule has 2 heterocycles. The number of nitrogens with zero attached hydrogens (tertiary/aromatic N) is 1. The predicted octanol–water partition coefficient (Wildman–Crippen LogP) is 3.18. The van der Waals surface area contributed by atoms with E-state index in [0.717, 1.165) is 18.5 Å². The van der Waals surface area contributed by atoms with Crippen LogP contribution in [0.15, 0.2) is 66.7 Å². The molecule has 41 heavy (non-hydrogen) atoms. The number of aromatic carboxylic acids is 1. The van der Waals surface area contributed by atoms with Crippen LogP contribution in [0.25, 0.3) is 11.3 Å². The lowest BCUT2D eigenvalue weighted by atomic mass is 9.96. The predicted molar refractivity (Wildman–Crippen MR) is 156 cm³/mol. The maximum absolute atomic E-state index is 13.2. The van der Waals surface area contributed by atoms with Crippen LogP contribution in [0.4, 0.5) is 11.4 Å². The molecule has 0 radical (unpaired) electrons. The summed E-state index contributed by atoms with van der Waals surface area (Å²) in [6, 6.07) is 19.5. The summed E-state index contributed by atoms with van der Waals surface area (Å²) >= 11 is 0. The van der Waals surface area contributed by atoms with Crippen molar-refractivity contribution < 1.29 is 24.3 Å². The van der Waals surface area contributed by atoms with Crippen molar-refractivity contribution in [1.29, 1.82) is 0 Å². The van der Waals surface area contributed by atoms with Gasteiger partial charge in [-0.2, -0.15) is 0 Å². The maximum Gasteiger partial charge on any atom is 0.336 e. The molecule has 0 aliphatic carbocycles. The Bertz CT molecular complexity index is 1530. The molecule has 10 nitrogen and oxygen atoms in total. The zero-order chi connectivity index (χ0) is 28.9. The third-order valence-electron chi connectivity index (χ3n) is 7.12. The molecule has 210 valence electrons. The fourth-order valence-electron chi connectivity index (χ4n) is 5.03. The zero-order valence-corrected chi connectivity index (χ0v) is 22.6. The molecule has 2 aliphatic heterocycles. The lowest BCUT2D eigenvalue weighted by Gasteiger charge is -2.18. The van der Waals surface area contributed by atoms with Crippen LogP contribution in [-0.2, 0) is 9.59 Å². The number of carboxylic acids is 1. The average molecular weight is 554 g/mol. The molecular weight excluding hydrogens is 522 g/mol. The van der Waals surface area contributed by atoms with Crippen molar-refractivity contribution in [3.8, 4) is 0 Å². The summed E-state index contributed by atoms with van der Waals surface area (Å²) in [7, 11) is 0. The smallest absolute Gasteiger partial charge is 0.336 e. The van der Waals surface area contributed by atoms with Gasteiger partial charge >= 0.3 is 5.97 Å². The summed E-state index contributed by atoms with van der Waals surface area (Å²) < 4.78 is 0. The third kappa shape index (κ3) is 6.28. The first-order chi connectivity index (χ1) is 19.8. The fourth-order valence-corrected chi connectivity index (χ4v) is 5.03. The van der Waals surface area contributed by atoms with Gasteiger partial charge in [-0.25, -0.2) is 4.79 Å². The highest BCUT2D eigenvalue weighted by atomic mass is 16.4. The number of carbonyl (C=O) groups excluding carboxylic acids is 3. The van der Waals surface area contributed by atoms with Gasteiger partial charge in [0.25, 0.3) is 11.8 Å². The first-order valence-corrected chi connectivity index (χ1v) is 13.4. The van der Waals surface area contributed by atoms with E-state index in [1.807, 2.05) is 35.2 Å². The quantitative estimate of drug-likeness (QED) is 0.270. The third-order valence-corrected chi connectivity index (χ3v) is 7.12. The number of anilines is 2. The summed E-state index contributed by atoms with van der Waals surface area (Å²) in [4.78, 5) is 51.3. The van der Waals surface area contributed by atoms with Crippen LogP contribution in [0, 0.1) is 6.92 Å². The second-order valence-electron chi connectivity index (χ2n) is 10.0. The fraction of sp³-hybridized carbons (Fsp3) is 0.226. The summed E-state index contributed by atoms with van der Waals surface area (Å²) in [5.74, 6) is -1.62. The Kier molecular flexibility index (Phi) is 8.11. The van der Waals surface area contributed by atoms with Crippen molar-refractivity contribution >= 4 is 46.3 Å². The van der Waals surface area contributed by atoms with E-state index < -0.39 is 5.97 Å². The highest BCUT2D eigenvalue weighted by Crippen LogP contribution is 2.39. The molecule has 1 fully saturated rings. The van der Waals surface area contributed by atoms with E-state index in [1.165, 1.54) is 6.07 Å². The number of aryl methyl sites for hydroxylation is 1. The topological polar surface area (TPSA) is 140 Å². The molecule has 3 aromatic rings. The molecule has 0 bridgehead atoms. The van der Waals surface area contributed by atoms with E-state index in [0.29, 0.717) is 65.5 Å². The Morgan fingerprint density at radius 3 is 2.49 bits per heavy atom. The van der Waals surface area contributed by atoms with Crippen LogP contribution in [-0.4, -0.2) is 66.4 Å². The molecule has 0 unspecified atom stereocenters. The van der Waals surface area contributed by atoms with Gasteiger partial charge in [0.05, 0.1) is 29.1 Å². The van der Waals surface area contributed by atoms with Gasteiger partial charge in [-0.1, -0.05) is 30.3 Å². The molecule has 10 heteroatoms. The van der Waals surface area contributed by atoms with E-state index >= 15 is 0 Å². The van der Waals surface area contributed by atoms with Crippen LogP contribution >= 0.6 is 0 Å². The summed E-state index contributed by atoms with van der Waals surface area (Å²) in [6.45, 7) is 4.52. The molecule has 3 aromatic carbocycles. The van der Waals surface area contributed by atoms with E-state index in [1.54, 1.807) is 37.3 Å². The van der Waals surface area contributed by atoms with Crippen LogP contribution in [0.2, 0.25) is 0 Å². The van der Waals surface area contributed by atoms with Gasteiger partial charge in [0.15, 0.2) is 0 Å². The second-order valence-corrected chi connectivity index (χ2v) is 10.0. The number of fused-ring (bicyclic) bond motifs is 1. The number of benzene rings is 3. The van der Waals surface area contributed by atoms with Gasteiger partial charge in [-0.05, 0) is 60.9 Å². The Morgan fingerprint density at radius 2 is 1.76 bits per heavy atom. The second kappa shape index (κ2) is 12.1. The Balaban J connectivity index is 1.35. The Labute approximate surface area is 237 Å². The first-order valence-electron chi connectivity index (χ1n) is 13.4. The summed E-state index contributed by atoms with van der Waals surface area (Å²) in [6.07, 6.45) is 0.880. The van der Waals surface area contributed by atoms with Crippen LogP contribution in [0.1, 0.15) is 43.8 Å². The van der Waals surface area contributed by atoms with Gasteiger partial charge in [0, 0.05) is 43.0 Å². The molecule has 5 rings (SSSR count). The Morgan fingerprint density at radius 1 is 1.00 bits per heavy atom. The molecule has 0 aromatic heterocycles. The van der Waals surface area contributed by atoms with Crippen molar-refractivity contribution in [2.75, 3.05) is 43.4 Å². The lowest BCUT2D eigenvalue weighted by molar-refractivity contribution is -0.121. The minimum absolute atomic E-state index is 0.000439. The normalized spacial score (nSPS) is 16.2. The molecule has 2 aliphatic rings. The van der Waals surface area contributed by atoms with Gasteiger partial charge in [0.2, 0.25) is 5.91 Å². The van der Waals surface area contributed by atoms with E-state index in [2.05, 4.69) is 21.3 Å². The zero-order valence-electron chi connectivity index (χ0n) is 22.6. The maximum atomic E-state index is 13.2. The highest BCUT2D eigenvalue weighted by molar-refractivity contribution is 6.37. The largest absolute Gasteiger partial charge is 0.478 e. The first kappa shape index (κ1) is 27.6. The molecule has 5 N–H and O–H groups in total. The van der Waals surface area contributed by atoms with Crippen LogP contribution < -0.4 is 21.3 Å². The standard InChI is InChI=1S/C31H31N5O5/c1-19-16-24-25(17-23(19)31(40)41)35-30(39)27(24)28(20-6-3-2-4-7-20)34-22-10-8-21(9-11-22)29(38)33-13-15-36-14-5-12-32-26(37)18-36/h2-4,6-11,16-17,34H,5,12-15,18H2,1H3,(H,32,37)(H,33,38)(H,35,39)(H,40,41).